The van der Waals surface area contributed by atoms with E-state index in [0.717, 1.165) is 37.0 Å². The van der Waals surface area contributed by atoms with Gasteiger partial charge in [-0.05, 0) is 44.2 Å². The number of piperidine rings is 1. The predicted octanol–water partition coefficient (Wildman–Crippen LogP) is 3.48. The number of carboxylic acid groups (broad SMARTS) is 1. The summed E-state index contributed by atoms with van der Waals surface area (Å²) in [5, 5.41) is 9.02. The summed E-state index contributed by atoms with van der Waals surface area (Å²) in [7, 11) is 0. The third-order valence-electron chi connectivity index (χ3n) is 4.05. The van der Waals surface area contributed by atoms with Gasteiger partial charge in [0, 0.05) is 17.5 Å². The first-order valence-corrected chi connectivity index (χ1v) is 8.46. The van der Waals surface area contributed by atoms with Gasteiger partial charge in [-0.2, -0.15) is 0 Å². The second-order valence-corrected chi connectivity index (χ2v) is 6.94. The molecular weight excluding hydrogens is 286 g/mol. The number of thiophene rings is 1. The molecule has 1 N–H and O–H groups in total. The predicted molar refractivity (Wildman–Crippen MR) is 84.0 cm³/mol. The molecular formula is C16H23NO3S. The van der Waals surface area contributed by atoms with E-state index in [9.17, 15) is 9.59 Å². The van der Waals surface area contributed by atoms with Crippen LogP contribution < -0.4 is 0 Å². The number of hydrogen-bond acceptors (Lipinski definition) is 3. The number of rotatable bonds is 5. The van der Waals surface area contributed by atoms with Crippen molar-refractivity contribution in [3.05, 3.63) is 21.4 Å². The Morgan fingerprint density at radius 3 is 2.86 bits per heavy atom. The Morgan fingerprint density at radius 2 is 2.19 bits per heavy atom. The lowest BCUT2D eigenvalue weighted by Gasteiger charge is -2.34. The van der Waals surface area contributed by atoms with Crippen LogP contribution in [0.25, 0.3) is 0 Å². The first kappa shape index (κ1) is 16.0. The van der Waals surface area contributed by atoms with Crippen LogP contribution in [-0.2, 0) is 11.2 Å². The molecule has 4 nitrogen and oxygen atoms in total. The lowest BCUT2D eigenvalue weighted by Crippen LogP contribution is -2.44. The van der Waals surface area contributed by atoms with E-state index in [1.165, 1.54) is 21.8 Å². The molecule has 116 valence electrons. The molecule has 1 aliphatic rings. The molecule has 1 saturated heterocycles. The van der Waals surface area contributed by atoms with Gasteiger partial charge in [-0.15, -0.1) is 11.3 Å². The summed E-state index contributed by atoms with van der Waals surface area (Å²) in [6, 6.07) is 1.85. The molecule has 0 radical (unpaired) electrons. The zero-order valence-electron chi connectivity index (χ0n) is 12.7. The normalized spacial score (nSPS) is 18.8. The summed E-state index contributed by atoms with van der Waals surface area (Å²) in [5.41, 5.74) is 1.25. The highest BCUT2D eigenvalue weighted by atomic mass is 32.1. The number of carboxylic acids is 1. The lowest BCUT2D eigenvalue weighted by molar-refractivity contribution is -0.138. The van der Waals surface area contributed by atoms with E-state index in [4.69, 9.17) is 5.11 Å². The number of nitrogens with zero attached hydrogens (tertiary/aromatic N) is 1. The van der Waals surface area contributed by atoms with Crippen LogP contribution in [0.2, 0.25) is 0 Å². The standard InChI is InChI=1S/C16H23NO3S/c1-3-6-12-9-14(21-11(12)2)16(20)17-8-5-4-7-13(17)10-15(18)19/h9,13H,3-8,10H2,1-2H3,(H,18,19). The van der Waals surface area contributed by atoms with E-state index in [2.05, 4.69) is 13.8 Å². The second-order valence-electron chi connectivity index (χ2n) is 5.69. The Labute approximate surface area is 129 Å². The van der Waals surface area contributed by atoms with Crippen molar-refractivity contribution in [1.82, 2.24) is 4.90 Å². The topological polar surface area (TPSA) is 57.6 Å². The molecule has 1 unspecified atom stereocenters. The number of hydrogen-bond donors (Lipinski definition) is 1. The number of aryl methyl sites for hydroxylation is 2. The summed E-state index contributed by atoms with van der Waals surface area (Å²) >= 11 is 1.54. The van der Waals surface area contributed by atoms with E-state index in [-0.39, 0.29) is 18.4 Å². The zero-order valence-corrected chi connectivity index (χ0v) is 13.5. The van der Waals surface area contributed by atoms with Crippen LogP contribution in [0.15, 0.2) is 6.07 Å². The van der Waals surface area contributed by atoms with E-state index in [1.54, 1.807) is 4.90 Å². The SMILES string of the molecule is CCCc1cc(C(=O)N2CCCCC2CC(=O)O)sc1C. The summed E-state index contributed by atoms with van der Waals surface area (Å²) in [4.78, 5) is 27.4. The summed E-state index contributed by atoms with van der Waals surface area (Å²) in [6.07, 6.45) is 4.88. The molecule has 0 aromatic carbocycles. The molecule has 1 amide bonds. The molecule has 0 bridgehead atoms. The average molecular weight is 309 g/mol. The highest BCUT2D eigenvalue weighted by Gasteiger charge is 2.30. The van der Waals surface area contributed by atoms with Gasteiger partial charge >= 0.3 is 5.97 Å². The van der Waals surface area contributed by atoms with Crippen LogP contribution in [-0.4, -0.2) is 34.5 Å². The van der Waals surface area contributed by atoms with Gasteiger partial charge in [-0.1, -0.05) is 13.3 Å². The minimum atomic E-state index is -0.825. The Balaban J connectivity index is 2.16. The van der Waals surface area contributed by atoms with Crippen molar-refractivity contribution < 1.29 is 14.7 Å². The third kappa shape index (κ3) is 3.84. The van der Waals surface area contributed by atoms with Gasteiger partial charge in [0.05, 0.1) is 11.3 Å². The number of aliphatic carboxylic acids is 1. The van der Waals surface area contributed by atoms with Crippen LogP contribution in [0.4, 0.5) is 0 Å². The molecule has 1 fully saturated rings. The second kappa shape index (κ2) is 7.07. The summed E-state index contributed by atoms with van der Waals surface area (Å²) in [6.45, 7) is 4.86. The van der Waals surface area contributed by atoms with Crippen LogP contribution in [0, 0.1) is 6.92 Å². The molecule has 1 atom stereocenters. The van der Waals surface area contributed by atoms with Crippen LogP contribution in [0.3, 0.4) is 0 Å². The molecule has 0 spiro atoms. The average Bonchev–Trinajstić information content (AvgIpc) is 2.80. The minimum absolute atomic E-state index is 0.0106. The molecule has 1 aromatic rings. The fraction of sp³-hybridized carbons (Fsp3) is 0.625. The van der Waals surface area contributed by atoms with Crippen molar-refractivity contribution >= 4 is 23.2 Å². The zero-order chi connectivity index (χ0) is 15.4. The number of carbonyl (C=O) groups excluding carboxylic acids is 1. The Hall–Kier alpha value is -1.36. The quantitative estimate of drug-likeness (QED) is 0.906. The van der Waals surface area contributed by atoms with Gasteiger partial charge in [0.1, 0.15) is 0 Å². The maximum absolute atomic E-state index is 12.7. The Bertz CT molecular complexity index is 524. The smallest absolute Gasteiger partial charge is 0.305 e. The minimum Gasteiger partial charge on any atom is -0.481 e. The van der Waals surface area contributed by atoms with E-state index in [0.29, 0.717) is 6.54 Å². The first-order chi connectivity index (χ1) is 10.0. The van der Waals surface area contributed by atoms with Gasteiger partial charge in [-0.25, -0.2) is 0 Å². The van der Waals surface area contributed by atoms with Gasteiger partial charge in [-0.3, -0.25) is 9.59 Å². The fourth-order valence-electron chi connectivity index (χ4n) is 2.97. The van der Waals surface area contributed by atoms with E-state index >= 15 is 0 Å². The van der Waals surface area contributed by atoms with Crippen LogP contribution >= 0.6 is 11.3 Å². The van der Waals surface area contributed by atoms with Crippen molar-refractivity contribution in [3.63, 3.8) is 0 Å². The van der Waals surface area contributed by atoms with Crippen LogP contribution in [0.1, 0.15) is 59.1 Å². The van der Waals surface area contributed by atoms with Crippen molar-refractivity contribution in [2.75, 3.05) is 6.54 Å². The highest BCUT2D eigenvalue weighted by Crippen LogP contribution is 2.27. The highest BCUT2D eigenvalue weighted by molar-refractivity contribution is 7.14. The third-order valence-corrected chi connectivity index (χ3v) is 5.13. The van der Waals surface area contributed by atoms with Crippen LogP contribution in [0.5, 0.6) is 0 Å². The molecule has 2 rings (SSSR count). The molecule has 0 saturated carbocycles. The number of carbonyl (C=O) groups is 2. The largest absolute Gasteiger partial charge is 0.481 e. The molecule has 1 aliphatic heterocycles. The molecule has 1 aromatic heterocycles. The molecule has 21 heavy (non-hydrogen) atoms. The van der Waals surface area contributed by atoms with Crippen molar-refractivity contribution in [3.8, 4) is 0 Å². The van der Waals surface area contributed by atoms with Gasteiger partial charge in [0.15, 0.2) is 0 Å². The number of likely N-dealkylation sites (tertiary alicyclic amines) is 1. The fourth-order valence-corrected chi connectivity index (χ4v) is 3.99. The molecule has 0 aliphatic carbocycles. The van der Waals surface area contributed by atoms with Crippen molar-refractivity contribution in [2.45, 2.75) is 58.4 Å². The summed E-state index contributed by atoms with van der Waals surface area (Å²) in [5.74, 6) is -0.815. The van der Waals surface area contributed by atoms with Crippen molar-refractivity contribution in [2.24, 2.45) is 0 Å². The lowest BCUT2D eigenvalue weighted by atomic mass is 9.99. The van der Waals surface area contributed by atoms with E-state index < -0.39 is 5.97 Å². The summed E-state index contributed by atoms with van der Waals surface area (Å²) < 4.78 is 0. The maximum Gasteiger partial charge on any atom is 0.305 e. The monoisotopic (exact) mass is 309 g/mol. The van der Waals surface area contributed by atoms with Gasteiger partial charge in [0.2, 0.25) is 0 Å². The first-order valence-electron chi connectivity index (χ1n) is 7.65. The molecule has 5 heteroatoms. The Morgan fingerprint density at radius 1 is 1.43 bits per heavy atom. The molecule has 2 heterocycles. The van der Waals surface area contributed by atoms with Gasteiger partial charge in [0.25, 0.3) is 5.91 Å². The maximum atomic E-state index is 12.7. The van der Waals surface area contributed by atoms with Crippen molar-refractivity contribution in [1.29, 1.82) is 0 Å². The number of amides is 1. The Kier molecular flexibility index (Phi) is 5.39. The van der Waals surface area contributed by atoms with E-state index in [1.807, 2.05) is 6.07 Å². The van der Waals surface area contributed by atoms with Gasteiger partial charge < -0.3 is 10.0 Å².